The van der Waals surface area contributed by atoms with E-state index in [1.54, 1.807) is 0 Å². The first-order chi connectivity index (χ1) is 15.5. The summed E-state index contributed by atoms with van der Waals surface area (Å²) >= 11 is 0. The number of benzene rings is 2. The first kappa shape index (κ1) is 23.2. The Morgan fingerprint density at radius 2 is 1.72 bits per heavy atom. The van der Waals surface area contributed by atoms with Gasteiger partial charge in [-0.1, -0.05) is 30.3 Å². The number of ketones is 1. The molecule has 0 radical (unpaired) electrons. The molecule has 1 aliphatic heterocycles. The molecule has 7 heteroatoms. The molecule has 0 aliphatic carbocycles. The van der Waals surface area contributed by atoms with E-state index in [9.17, 15) is 19.2 Å². The van der Waals surface area contributed by atoms with Gasteiger partial charge in [-0.2, -0.15) is 0 Å². The second kappa shape index (κ2) is 11.2. The van der Waals surface area contributed by atoms with Gasteiger partial charge in [0.2, 0.25) is 11.7 Å². The molecule has 0 saturated carbocycles. The highest BCUT2D eigenvalue weighted by Crippen LogP contribution is 2.20. The third-order valence-electron chi connectivity index (χ3n) is 5.42. The Bertz CT molecular complexity index is 956. The number of nitrogens with one attached hydrogen (secondary N) is 1. The Labute approximate surface area is 187 Å². The lowest BCUT2D eigenvalue weighted by molar-refractivity contribution is -0.138. The Hall–Kier alpha value is -3.48. The largest absolute Gasteiger partial charge is 0.427 e. The number of amides is 2. The third kappa shape index (κ3) is 6.26. The van der Waals surface area contributed by atoms with Crippen molar-refractivity contribution in [1.29, 1.82) is 0 Å². The van der Waals surface area contributed by atoms with E-state index in [-0.39, 0.29) is 11.5 Å². The van der Waals surface area contributed by atoms with Crippen LogP contribution in [0.3, 0.4) is 0 Å². The van der Waals surface area contributed by atoms with E-state index in [4.69, 9.17) is 4.74 Å². The van der Waals surface area contributed by atoms with Crippen molar-refractivity contribution < 1.29 is 23.9 Å². The summed E-state index contributed by atoms with van der Waals surface area (Å²) in [5.74, 6) is -1.75. The number of piperidine rings is 1. The van der Waals surface area contributed by atoms with Gasteiger partial charge in [0, 0.05) is 25.6 Å². The Kier molecular flexibility index (Phi) is 8.14. The molecule has 168 valence electrons. The second-order valence-corrected chi connectivity index (χ2v) is 7.84. The third-order valence-corrected chi connectivity index (χ3v) is 5.42. The molecule has 3 rings (SSSR count). The van der Waals surface area contributed by atoms with Crippen LogP contribution in [0.1, 0.15) is 48.5 Å². The van der Waals surface area contributed by atoms with Crippen LogP contribution in [0.15, 0.2) is 54.6 Å². The lowest BCUT2D eigenvalue weighted by Crippen LogP contribution is -2.53. The zero-order valence-electron chi connectivity index (χ0n) is 18.2. The van der Waals surface area contributed by atoms with Crippen molar-refractivity contribution in [3.8, 4) is 5.75 Å². The monoisotopic (exact) mass is 436 g/mol. The second-order valence-electron chi connectivity index (χ2n) is 7.84. The van der Waals surface area contributed by atoms with Crippen molar-refractivity contribution in [2.45, 2.75) is 45.1 Å². The fraction of sp³-hybridized carbons (Fsp3) is 0.360. The van der Waals surface area contributed by atoms with Crippen LogP contribution in [0.5, 0.6) is 5.75 Å². The van der Waals surface area contributed by atoms with Gasteiger partial charge in [-0.05, 0) is 61.9 Å². The van der Waals surface area contributed by atoms with E-state index >= 15 is 0 Å². The summed E-state index contributed by atoms with van der Waals surface area (Å²) < 4.78 is 4.95. The van der Waals surface area contributed by atoms with Crippen LogP contribution in [-0.4, -0.2) is 47.6 Å². The molecule has 0 aromatic heterocycles. The minimum Gasteiger partial charge on any atom is -0.427 e. The van der Waals surface area contributed by atoms with E-state index in [1.165, 1.54) is 41.7 Å². The summed E-state index contributed by atoms with van der Waals surface area (Å²) in [7, 11) is 0. The highest BCUT2D eigenvalue weighted by molar-refractivity contribution is 6.43. The number of likely N-dealkylation sites (tertiary alicyclic amines) is 1. The number of rotatable bonds is 8. The Morgan fingerprint density at radius 1 is 1.00 bits per heavy atom. The van der Waals surface area contributed by atoms with Crippen LogP contribution < -0.4 is 10.1 Å². The predicted molar refractivity (Wildman–Crippen MR) is 119 cm³/mol. The normalized spacial score (nSPS) is 15.7. The molecule has 1 heterocycles. The van der Waals surface area contributed by atoms with Gasteiger partial charge in [0.05, 0.1) is 0 Å². The minimum atomic E-state index is -0.686. The maximum absolute atomic E-state index is 12.9. The smallest absolute Gasteiger partial charge is 0.308 e. The van der Waals surface area contributed by atoms with E-state index < -0.39 is 23.7 Å². The quantitative estimate of drug-likeness (QED) is 0.226. The number of ether oxygens (including phenoxy) is 1. The summed E-state index contributed by atoms with van der Waals surface area (Å²) in [5.41, 5.74) is 1.40. The number of carbonyl (C=O) groups excluding carboxylic acids is 4. The van der Waals surface area contributed by atoms with Gasteiger partial charge in [0.15, 0.2) is 0 Å². The molecule has 1 saturated heterocycles. The van der Waals surface area contributed by atoms with Crippen LogP contribution in [0.4, 0.5) is 0 Å². The number of hydrogen-bond donors (Lipinski definition) is 1. The summed E-state index contributed by atoms with van der Waals surface area (Å²) in [4.78, 5) is 50.8. The number of esters is 1. The van der Waals surface area contributed by atoms with Crippen molar-refractivity contribution in [3.63, 3.8) is 0 Å². The Morgan fingerprint density at radius 3 is 2.41 bits per heavy atom. The topological polar surface area (TPSA) is 92.8 Å². The van der Waals surface area contributed by atoms with Gasteiger partial charge in [-0.15, -0.1) is 0 Å². The first-order valence-electron chi connectivity index (χ1n) is 10.9. The summed E-state index contributed by atoms with van der Waals surface area (Å²) in [5, 5.41) is 2.92. The van der Waals surface area contributed by atoms with E-state index in [2.05, 4.69) is 5.32 Å². The number of Topliss-reactive ketones (excluding diaryl/α,β-unsaturated/α-hetero) is 1. The molecule has 1 fully saturated rings. The molecular formula is C25H28N2O5. The van der Waals surface area contributed by atoms with Gasteiger partial charge in [0.25, 0.3) is 5.91 Å². The van der Waals surface area contributed by atoms with Crippen LogP contribution in [0.25, 0.3) is 0 Å². The highest BCUT2D eigenvalue weighted by Gasteiger charge is 2.35. The molecule has 2 amide bonds. The lowest BCUT2D eigenvalue weighted by Gasteiger charge is -2.34. The maximum atomic E-state index is 12.9. The molecule has 0 spiro atoms. The van der Waals surface area contributed by atoms with E-state index in [0.717, 1.165) is 25.7 Å². The molecular weight excluding hydrogens is 408 g/mol. The van der Waals surface area contributed by atoms with Crippen LogP contribution in [0.2, 0.25) is 0 Å². The zero-order chi connectivity index (χ0) is 22.9. The van der Waals surface area contributed by atoms with Crippen molar-refractivity contribution in [2.75, 3.05) is 13.1 Å². The number of carbonyl (C=O) groups is 4. The molecule has 7 nitrogen and oxygen atoms in total. The summed E-state index contributed by atoms with van der Waals surface area (Å²) in [6, 6.07) is 15.2. The molecule has 2 aromatic carbocycles. The fourth-order valence-corrected chi connectivity index (χ4v) is 3.81. The first-order valence-corrected chi connectivity index (χ1v) is 10.9. The minimum absolute atomic E-state index is 0.193. The van der Waals surface area contributed by atoms with Gasteiger partial charge in [0.1, 0.15) is 11.8 Å². The Balaban J connectivity index is 1.57. The van der Waals surface area contributed by atoms with E-state index in [0.29, 0.717) is 25.3 Å². The molecule has 2 aromatic rings. The molecule has 1 atom stereocenters. The summed E-state index contributed by atoms with van der Waals surface area (Å²) in [6.07, 6.45) is 3.77. The number of nitrogens with zero attached hydrogens (tertiary/aromatic N) is 1. The highest BCUT2D eigenvalue weighted by atomic mass is 16.5. The zero-order valence-corrected chi connectivity index (χ0v) is 18.2. The van der Waals surface area contributed by atoms with Crippen LogP contribution in [-0.2, 0) is 20.8 Å². The standard InChI is InChI=1S/C25H28N2O5/c1-18(28)32-21-14-12-20(13-15-21)23(29)25(31)27-17-6-5-11-22(27)24(30)26-16-7-10-19-8-3-2-4-9-19/h2-4,8-9,12-15,22H,5-7,10-11,16-17H2,1H3,(H,26,30). The van der Waals surface area contributed by atoms with Gasteiger partial charge in [-0.3, -0.25) is 19.2 Å². The van der Waals surface area contributed by atoms with Crippen molar-refractivity contribution in [2.24, 2.45) is 0 Å². The van der Waals surface area contributed by atoms with Crippen molar-refractivity contribution in [3.05, 3.63) is 65.7 Å². The average Bonchev–Trinajstić information content (AvgIpc) is 2.81. The van der Waals surface area contributed by atoms with Crippen LogP contribution >= 0.6 is 0 Å². The molecule has 0 bridgehead atoms. The van der Waals surface area contributed by atoms with Gasteiger partial charge >= 0.3 is 5.97 Å². The fourth-order valence-electron chi connectivity index (χ4n) is 3.81. The molecule has 1 unspecified atom stereocenters. The van der Waals surface area contributed by atoms with Gasteiger partial charge in [-0.25, -0.2) is 0 Å². The van der Waals surface area contributed by atoms with Gasteiger partial charge < -0.3 is 15.0 Å². The van der Waals surface area contributed by atoms with Crippen molar-refractivity contribution >= 4 is 23.6 Å². The molecule has 32 heavy (non-hydrogen) atoms. The maximum Gasteiger partial charge on any atom is 0.308 e. The molecule has 1 aliphatic rings. The van der Waals surface area contributed by atoms with Crippen molar-refractivity contribution in [1.82, 2.24) is 10.2 Å². The SMILES string of the molecule is CC(=O)Oc1ccc(C(=O)C(=O)N2CCCCC2C(=O)NCCCc2ccccc2)cc1. The van der Waals surface area contributed by atoms with Crippen LogP contribution in [0, 0.1) is 0 Å². The van der Waals surface area contributed by atoms with E-state index in [1.807, 2.05) is 30.3 Å². The molecule has 1 N–H and O–H groups in total. The lowest BCUT2D eigenvalue weighted by atomic mass is 9.99. The number of aryl methyl sites for hydroxylation is 1. The number of hydrogen-bond acceptors (Lipinski definition) is 5. The summed E-state index contributed by atoms with van der Waals surface area (Å²) in [6.45, 7) is 2.17. The average molecular weight is 437 g/mol. The predicted octanol–water partition coefficient (Wildman–Crippen LogP) is 2.92.